The molecule has 0 bridgehead atoms. The van der Waals surface area contributed by atoms with Crippen LogP contribution in [0.2, 0.25) is 0 Å². The number of aryl methyl sites for hydroxylation is 1. The average molecular weight is 329 g/mol. The van der Waals surface area contributed by atoms with Crippen LogP contribution < -0.4 is 10.6 Å². The number of amides is 2. The number of methoxy groups -OCH3 is 1. The minimum atomic E-state index is -0.336. The number of ether oxygens (including phenoxy) is 1. The van der Waals surface area contributed by atoms with Crippen molar-refractivity contribution < 1.29 is 14.3 Å². The van der Waals surface area contributed by atoms with Gasteiger partial charge in [0.2, 0.25) is 11.8 Å². The standard InChI is InChI=1S/C13H17BrN2O3/c1-9-7-10(3-4-11(9)14)16-13(18)8-12(17)15-5-6-19-2/h3-4,7H,5-6,8H2,1-2H3,(H,15,17)(H,16,18). The lowest BCUT2D eigenvalue weighted by Crippen LogP contribution is -2.30. The summed E-state index contributed by atoms with van der Waals surface area (Å²) < 4.78 is 5.77. The molecule has 0 fully saturated rings. The highest BCUT2D eigenvalue weighted by molar-refractivity contribution is 9.10. The Hall–Kier alpha value is -1.40. The highest BCUT2D eigenvalue weighted by Gasteiger charge is 2.09. The fourth-order valence-corrected chi connectivity index (χ4v) is 1.68. The second kappa shape index (κ2) is 7.91. The van der Waals surface area contributed by atoms with Gasteiger partial charge in [-0.25, -0.2) is 0 Å². The van der Waals surface area contributed by atoms with Crippen molar-refractivity contribution >= 4 is 33.4 Å². The summed E-state index contributed by atoms with van der Waals surface area (Å²) in [6, 6.07) is 5.46. The van der Waals surface area contributed by atoms with Crippen molar-refractivity contribution in [2.75, 3.05) is 25.6 Å². The molecule has 0 saturated carbocycles. The van der Waals surface area contributed by atoms with Crippen molar-refractivity contribution in [2.24, 2.45) is 0 Å². The molecule has 104 valence electrons. The Labute approximate surface area is 120 Å². The number of carbonyl (C=O) groups is 2. The number of hydrogen-bond donors (Lipinski definition) is 2. The van der Waals surface area contributed by atoms with Crippen LogP contribution in [-0.4, -0.2) is 32.1 Å². The van der Waals surface area contributed by atoms with Crippen LogP contribution in [0.4, 0.5) is 5.69 Å². The Bertz CT molecular complexity index is 463. The molecule has 2 amide bonds. The Kier molecular flexibility index (Phi) is 6.52. The van der Waals surface area contributed by atoms with E-state index >= 15 is 0 Å². The zero-order chi connectivity index (χ0) is 14.3. The van der Waals surface area contributed by atoms with Crippen LogP contribution in [0.25, 0.3) is 0 Å². The summed E-state index contributed by atoms with van der Waals surface area (Å²) in [7, 11) is 1.55. The van der Waals surface area contributed by atoms with Crippen LogP contribution in [0.3, 0.4) is 0 Å². The lowest BCUT2D eigenvalue weighted by Gasteiger charge is -2.07. The minimum absolute atomic E-state index is 0.196. The number of rotatable bonds is 6. The summed E-state index contributed by atoms with van der Waals surface area (Å²) in [6.07, 6.45) is -0.196. The zero-order valence-electron chi connectivity index (χ0n) is 11.0. The molecule has 0 heterocycles. The highest BCUT2D eigenvalue weighted by atomic mass is 79.9. The molecule has 5 nitrogen and oxygen atoms in total. The van der Waals surface area contributed by atoms with Crippen LogP contribution in [0.1, 0.15) is 12.0 Å². The van der Waals surface area contributed by atoms with Crippen molar-refractivity contribution in [3.63, 3.8) is 0 Å². The van der Waals surface area contributed by atoms with Crippen molar-refractivity contribution in [3.8, 4) is 0 Å². The van der Waals surface area contributed by atoms with Gasteiger partial charge in [-0.2, -0.15) is 0 Å². The van der Waals surface area contributed by atoms with Gasteiger partial charge < -0.3 is 15.4 Å². The van der Waals surface area contributed by atoms with Gasteiger partial charge in [0.05, 0.1) is 6.61 Å². The van der Waals surface area contributed by atoms with E-state index in [0.717, 1.165) is 10.0 Å². The Morgan fingerprint density at radius 3 is 2.68 bits per heavy atom. The molecule has 0 radical (unpaired) electrons. The van der Waals surface area contributed by atoms with E-state index < -0.39 is 0 Å². The molecule has 1 aromatic carbocycles. The van der Waals surface area contributed by atoms with Gasteiger partial charge in [-0.3, -0.25) is 9.59 Å². The predicted molar refractivity (Wildman–Crippen MR) is 77.0 cm³/mol. The molecule has 0 aliphatic rings. The lowest BCUT2D eigenvalue weighted by molar-refractivity contribution is -0.126. The van der Waals surface area contributed by atoms with Gasteiger partial charge in [0.25, 0.3) is 0 Å². The molecule has 0 aromatic heterocycles. The first-order chi connectivity index (χ1) is 9.02. The first kappa shape index (κ1) is 15.7. The van der Waals surface area contributed by atoms with E-state index in [4.69, 9.17) is 4.74 Å². The average Bonchev–Trinajstić information content (AvgIpc) is 2.34. The smallest absolute Gasteiger partial charge is 0.233 e. The van der Waals surface area contributed by atoms with E-state index in [0.29, 0.717) is 18.8 Å². The van der Waals surface area contributed by atoms with E-state index in [1.807, 2.05) is 19.1 Å². The molecular formula is C13H17BrN2O3. The van der Waals surface area contributed by atoms with Crippen molar-refractivity contribution in [3.05, 3.63) is 28.2 Å². The number of carbonyl (C=O) groups excluding carboxylic acids is 2. The van der Waals surface area contributed by atoms with Gasteiger partial charge in [-0.1, -0.05) is 15.9 Å². The van der Waals surface area contributed by atoms with Gasteiger partial charge in [0.1, 0.15) is 6.42 Å². The van der Waals surface area contributed by atoms with Gasteiger partial charge >= 0.3 is 0 Å². The van der Waals surface area contributed by atoms with E-state index in [1.165, 1.54) is 0 Å². The van der Waals surface area contributed by atoms with E-state index in [9.17, 15) is 9.59 Å². The fraction of sp³-hybridized carbons (Fsp3) is 0.385. The number of benzene rings is 1. The van der Waals surface area contributed by atoms with Crippen LogP contribution in [0, 0.1) is 6.92 Å². The largest absolute Gasteiger partial charge is 0.383 e. The number of hydrogen-bond acceptors (Lipinski definition) is 3. The summed E-state index contributed by atoms with van der Waals surface area (Å²) in [5.74, 6) is -0.653. The summed E-state index contributed by atoms with van der Waals surface area (Å²) in [6.45, 7) is 2.76. The van der Waals surface area contributed by atoms with Crippen LogP contribution in [0.5, 0.6) is 0 Å². The van der Waals surface area contributed by atoms with E-state index in [1.54, 1.807) is 13.2 Å². The van der Waals surface area contributed by atoms with Crippen LogP contribution in [-0.2, 0) is 14.3 Å². The van der Waals surface area contributed by atoms with Crippen molar-refractivity contribution in [2.45, 2.75) is 13.3 Å². The molecule has 0 aliphatic heterocycles. The maximum atomic E-state index is 11.6. The zero-order valence-corrected chi connectivity index (χ0v) is 12.5. The summed E-state index contributed by atoms with van der Waals surface area (Å²) in [4.78, 5) is 23.0. The predicted octanol–water partition coefficient (Wildman–Crippen LogP) is 1.85. The SMILES string of the molecule is COCCNC(=O)CC(=O)Nc1ccc(Br)c(C)c1. The maximum Gasteiger partial charge on any atom is 0.233 e. The van der Waals surface area contributed by atoms with Crippen LogP contribution in [0.15, 0.2) is 22.7 Å². The molecule has 19 heavy (non-hydrogen) atoms. The molecule has 0 unspecified atom stereocenters. The first-order valence-electron chi connectivity index (χ1n) is 5.84. The summed E-state index contributed by atoms with van der Waals surface area (Å²) >= 11 is 3.38. The molecule has 6 heteroatoms. The molecule has 0 spiro atoms. The molecule has 0 atom stereocenters. The van der Waals surface area contributed by atoms with Gasteiger partial charge in [0, 0.05) is 23.8 Å². The number of halogens is 1. The first-order valence-corrected chi connectivity index (χ1v) is 6.64. The number of nitrogens with one attached hydrogen (secondary N) is 2. The fourth-order valence-electron chi connectivity index (χ4n) is 1.43. The highest BCUT2D eigenvalue weighted by Crippen LogP contribution is 2.19. The summed E-state index contributed by atoms with van der Waals surface area (Å²) in [5, 5.41) is 5.27. The van der Waals surface area contributed by atoms with E-state index in [-0.39, 0.29) is 18.2 Å². The van der Waals surface area contributed by atoms with Crippen molar-refractivity contribution in [1.29, 1.82) is 0 Å². The minimum Gasteiger partial charge on any atom is -0.383 e. The van der Waals surface area contributed by atoms with Gasteiger partial charge in [-0.05, 0) is 30.7 Å². The quantitative estimate of drug-likeness (QED) is 0.618. The molecule has 1 rings (SSSR count). The third kappa shape index (κ3) is 5.85. The molecular weight excluding hydrogens is 312 g/mol. The van der Waals surface area contributed by atoms with E-state index in [2.05, 4.69) is 26.6 Å². The summed E-state index contributed by atoms with van der Waals surface area (Å²) in [5.41, 5.74) is 1.69. The monoisotopic (exact) mass is 328 g/mol. The Balaban J connectivity index is 2.42. The Morgan fingerprint density at radius 1 is 1.32 bits per heavy atom. The Morgan fingerprint density at radius 2 is 2.05 bits per heavy atom. The maximum absolute atomic E-state index is 11.6. The third-order valence-corrected chi connectivity index (χ3v) is 3.28. The molecule has 1 aromatic rings. The normalized spacial score (nSPS) is 10.1. The topological polar surface area (TPSA) is 67.4 Å². The third-order valence-electron chi connectivity index (χ3n) is 2.39. The molecule has 0 saturated heterocycles. The second-order valence-corrected chi connectivity index (χ2v) is 4.89. The second-order valence-electron chi connectivity index (χ2n) is 4.03. The number of anilines is 1. The van der Waals surface area contributed by atoms with Gasteiger partial charge in [0.15, 0.2) is 0 Å². The van der Waals surface area contributed by atoms with Crippen molar-refractivity contribution in [1.82, 2.24) is 5.32 Å². The molecule has 0 aliphatic carbocycles. The lowest BCUT2D eigenvalue weighted by atomic mass is 10.2. The van der Waals surface area contributed by atoms with Gasteiger partial charge in [-0.15, -0.1) is 0 Å². The molecule has 2 N–H and O–H groups in total. The van der Waals surface area contributed by atoms with Crippen LogP contribution >= 0.6 is 15.9 Å².